The molecule has 0 aromatic heterocycles. The maximum Gasteiger partial charge on any atom is 0.209 e. The molecule has 0 bridgehead atoms. The Kier molecular flexibility index (Phi) is 6.05. The smallest absolute Gasteiger partial charge is 0.209 e. The Morgan fingerprint density at radius 1 is 1.11 bits per heavy atom. The van der Waals surface area contributed by atoms with Gasteiger partial charge in [0.25, 0.3) is 0 Å². The van der Waals surface area contributed by atoms with Crippen molar-refractivity contribution in [3.8, 4) is 5.75 Å². The number of para-hydroxylation sites is 2. The van der Waals surface area contributed by atoms with E-state index in [9.17, 15) is 4.79 Å². The van der Waals surface area contributed by atoms with Crippen molar-refractivity contribution in [2.24, 2.45) is 0 Å². The second-order valence-electron chi connectivity index (χ2n) is 3.80. The van der Waals surface area contributed by atoms with Crippen LogP contribution in [0.3, 0.4) is 0 Å². The Hall–Kier alpha value is -1.71. The molecular weight excluding hydrogens is 228 g/mol. The van der Waals surface area contributed by atoms with E-state index in [0.29, 0.717) is 0 Å². The van der Waals surface area contributed by atoms with Crippen LogP contribution >= 0.6 is 0 Å². The zero-order valence-electron chi connectivity index (χ0n) is 11.4. The first-order valence-electron chi connectivity index (χ1n) is 6.42. The number of carbonyl (C=O) groups excluding carboxylic acids is 1. The van der Waals surface area contributed by atoms with E-state index >= 15 is 0 Å². The fourth-order valence-corrected chi connectivity index (χ4v) is 1.96. The number of anilines is 1. The maximum atomic E-state index is 10.6. The SMILES string of the molecule is CC.COc1ccccc1N1CCN(C=O)CC1. The molecule has 0 atom stereocenters. The van der Waals surface area contributed by atoms with Gasteiger partial charge in [-0.3, -0.25) is 4.79 Å². The summed E-state index contributed by atoms with van der Waals surface area (Å²) < 4.78 is 5.33. The molecule has 100 valence electrons. The molecule has 1 fully saturated rings. The quantitative estimate of drug-likeness (QED) is 0.769. The van der Waals surface area contributed by atoms with Crippen molar-refractivity contribution in [3.05, 3.63) is 24.3 Å². The Morgan fingerprint density at radius 3 is 2.28 bits per heavy atom. The second-order valence-corrected chi connectivity index (χ2v) is 3.80. The standard InChI is InChI=1S/C12H16N2O2.C2H6/c1-16-12-5-3-2-4-11(12)14-8-6-13(10-15)7-9-14;1-2/h2-5,10H,6-9H2,1H3;1-2H3. The summed E-state index contributed by atoms with van der Waals surface area (Å²) in [7, 11) is 1.68. The normalized spacial score (nSPS) is 14.6. The van der Waals surface area contributed by atoms with Crippen molar-refractivity contribution in [1.82, 2.24) is 4.90 Å². The lowest BCUT2D eigenvalue weighted by atomic mass is 10.2. The van der Waals surface area contributed by atoms with Crippen LogP contribution in [0.15, 0.2) is 24.3 Å². The van der Waals surface area contributed by atoms with Gasteiger partial charge in [-0.15, -0.1) is 0 Å². The minimum atomic E-state index is 0.779. The van der Waals surface area contributed by atoms with Gasteiger partial charge >= 0.3 is 0 Å². The molecule has 18 heavy (non-hydrogen) atoms. The van der Waals surface area contributed by atoms with E-state index in [1.807, 2.05) is 32.0 Å². The van der Waals surface area contributed by atoms with Crippen LogP contribution in [0.2, 0.25) is 0 Å². The monoisotopic (exact) mass is 250 g/mol. The predicted molar refractivity (Wildman–Crippen MR) is 74.2 cm³/mol. The highest BCUT2D eigenvalue weighted by molar-refractivity contribution is 5.59. The van der Waals surface area contributed by atoms with Crippen LogP contribution in [0.4, 0.5) is 5.69 Å². The van der Waals surface area contributed by atoms with Crippen molar-refractivity contribution in [1.29, 1.82) is 0 Å². The molecule has 0 spiro atoms. The largest absolute Gasteiger partial charge is 0.495 e. The minimum absolute atomic E-state index is 0.779. The zero-order valence-corrected chi connectivity index (χ0v) is 11.4. The maximum absolute atomic E-state index is 10.6. The highest BCUT2D eigenvalue weighted by Gasteiger charge is 2.17. The van der Waals surface area contributed by atoms with Gasteiger partial charge in [0.2, 0.25) is 6.41 Å². The Labute approximate surface area is 109 Å². The summed E-state index contributed by atoms with van der Waals surface area (Å²) in [5.74, 6) is 0.891. The fraction of sp³-hybridized carbons (Fsp3) is 0.500. The average molecular weight is 250 g/mol. The van der Waals surface area contributed by atoms with E-state index in [2.05, 4.69) is 11.0 Å². The van der Waals surface area contributed by atoms with Crippen LogP contribution < -0.4 is 9.64 Å². The van der Waals surface area contributed by atoms with E-state index in [1.54, 1.807) is 12.0 Å². The number of amides is 1. The Balaban J connectivity index is 0.000000771. The zero-order chi connectivity index (χ0) is 13.4. The number of carbonyl (C=O) groups is 1. The topological polar surface area (TPSA) is 32.8 Å². The number of methoxy groups -OCH3 is 1. The number of nitrogens with zero attached hydrogens (tertiary/aromatic N) is 2. The van der Waals surface area contributed by atoms with E-state index < -0.39 is 0 Å². The molecule has 2 rings (SSSR count). The van der Waals surface area contributed by atoms with Gasteiger partial charge in [0.15, 0.2) is 0 Å². The van der Waals surface area contributed by atoms with Crippen LogP contribution in [0, 0.1) is 0 Å². The molecule has 1 heterocycles. The summed E-state index contributed by atoms with van der Waals surface area (Å²) >= 11 is 0. The first kappa shape index (κ1) is 14.4. The summed E-state index contributed by atoms with van der Waals surface area (Å²) in [5.41, 5.74) is 1.11. The minimum Gasteiger partial charge on any atom is -0.495 e. The fourth-order valence-electron chi connectivity index (χ4n) is 1.96. The second kappa shape index (κ2) is 7.58. The van der Waals surface area contributed by atoms with Crippen molar-refractivity contribution in [2.45, 2.75) is 13.8 Å². The first-order chi connectivity index (χ1) is 8.85. The molecule has 4 nitrogen and oxygen atoms in total. The molecule has 1 aliphatic heterocycles. The highest BCUT2D eigenvalue weighted by atomic mass is 16.5. The van der Waals surface area contributed by atoms with E-state index in [0.717, 1.165) is 44.0 Å². The molecule has 0 unspecified atom stereocenters. The van der Waals surface area contributed by atoms with Crippen LogP contribution in [0.5, 0.6) is 5.75 Å². The molecule has 0 radical (unpaired) electrons. The van der Waals surface area contributed by atoms with E-state index in [1.165, 1.54) is 0 Å². The lowest BCUT2D eigenvalue weighted by Crippen LogP contribution is -2.45. The van der Waals surface area contributed by atoms with Gasteiger partial charge in [0.05, 0.1) is 12.8 Å². The van der Waals surface area contributed by atoms with Crippen molar-refractivity contribution < 1.29 is 9.53 Å². The van der Waals surface area contributed by atoms with E-state index in [-0.39, 0.29) is 0 Å². The highest BCUT2D eigenvalue weighted by Crippen LogP contribution is 2.28. The first-order valence-corrected chi connectivity index (χ1v) is 6.42. The number of piperazine rings is 1. The predicted octanol–water partition coefficient (Wildman–Crippen LogP) is 2.00. The van der Waals surface area contributed by atoms with Crippen molar-refractivity contribution >= 4 is 12.1 Å². The summed E-state index contributed by atoms with van der Waals surface area (Å²) in [6.07, 6.45) is 0.916. The van der Waals surface area contributed by atoms with Gasteiger partial charge in [-0.05, 0) is 12.1 Å². The van der Waals surface area contributed by atoms with Crippen LogP contribution in [-0.2, 0) is 4.79 Å². The van der Waals surface area contributed by atoms with E-state index in [4.69, 9.17) is 4.74 Å². The third-order valence-corrected chi connectivity index (χ3v) is 2.89. The molecular formula is C14H22N2O2. The molecule has 4 heteroatoms. The van der Waals surface area contributed by atoms with Gasteiger partial charge < -0.3 is 14.5 Å². The lowest BCUT2D eigenvalue weighted by molar-refractivity contribution is -0.118. The third-order valence-electron chi connectivity index (χ3n) is 2.89. The Bertz CT molecular complexity index is 361. The van der Waals surface area contributed by atoms with Gasteiger partial charge in [-0.2, -0.15) is 0 Å². The van der Waals surface area contributed by atoms with Gasteiger partial charge in [0.1, 0.15) is 5.75 Å². The van der Waals surface area contributed by atoms with Gasteiger partial charge in [-0.1, -0.05) is 26.0 Å². The Morgan fingerprint density at radius 2 is 1.72 bits per heavy atom. The molecule has 1 saturated heterocycles. The summed E-state index contributed by atoms with van der Waals surface area (Å²) in [6, 6.07) is 7.98. The summed E-state index contributed by atoms with van der Waals surface area (Å²) in [6.45, 7) is 7.28. The van der Waals surface area contributed by atoms with Crippen LogP contribution in [0.1, 0.15) is 13.8 Å². The number of ether oxygens (including phenoxy) is 1. The van der Waals surface area contributed by atoms with Gasteiger partial charge in [-0.25, -0.2) is 0 Å². The molecule has 1 aliphatic rings. The molecule has 1 aromatic rings. The van der Waals surface area contributed by atoms with Crippen LogP contribution in [0.25, 0.3) is 0 Å². The molecule has 0 aliphatic carbocycles. The van der Waals surface area contributed by atoms with Crippen molar-refractivity contribution in [2.75, 3.05) is 38.2 Å². The number of hydrogen-bond donors (Lipinski definition) is 0. The molecule has 1 amide bonds. The van der Waals surface area contributed by atoms with Crippen LogP contribution in [-0.4, -0.2) is 44.6 Å². The van der Waals surface area contributed by atoms with Crippen molar-refractivity contribution in [3.63, 3.8) is 0 Å². The summed E-state index contributed by atoms with van der Waals surface area (Å²) in [5, 5.41) is 0. The molecule has 0 N–H and O–H groups in total. The average Bonchev–Trinajstić information content (AvgIpc) is 2.49. The number of rotatable bonds is 3. The number of hydrogen-bond acceptors (Lipinski definition) is 3. The number of benzene rings is 1. The summed E-state index contributed by atoms with van der Waals surface area (Å²) in [4.78, 5) is 14.7. The lowest BCUT2D eigenvalue weighted by Gasteiger charge is -2.34. The molecule has 0 saturated carbocycles. The third kappa shape index (κ3) is 3.39. The van der Waals surface area contributed by atoms with Gasteiger partial charge in [0, 0.05) is 26.2 Å². The molecule has 1 aromatic carbocycles.